The maximum Gasteiger partial charge on any atom is 0.270 e. The number of rotatable bonds is 5. The zero-order chi connectivity index (χ0) is 19.4. The third kappa shape index (κ3) is 4.28. The van der Waals surface area contributed by atoms with Crippen LogP contribution in [0.5, 0.6) is 0 Å². The summed E-state index contributed by atoms with van der Waals surface area (Å²) in [5, 5.41) is 25.3. The van der Waals surface area contributed by atoms with Crippen molar-refractivity contribution in [3.8, 4) is 17.3 Å². The first-order valence-corrected chi connectivity index (χ1v) is 8.76. The van der Waals surface area contributed by atoms with E-state index in [0.29, 0.717) is 22.0 Å². The number of benzene rings is 2. The van der Waals surface area contributed by atoms with Gasteiger partial charge in [-0.25, -0.2) is 9.37 Å². The Hall–Kier alpha value is -3.28. The van der Waals surface area contributed by atoms with Gasteiger partial charge in [0.1, 0.15) is 22.5 Å². The van der Waals surface area contributed by atoms with E-state index in [9.17, 15) is 19.8 Å². The summed E-state index contributed by atoms with van der Waals surface area (Å²) >= 11 is 6.96. The molecule has 0 bridgehead atoms. The van der Waals surface area contributed by atoms with Gasteiger partial charge in [-0.2, -0.15) is 5.26 Å². The fraction of sp³-hybridized carbons (Fsp3) is 0. The molecule has 0 aliphatic heterocycles. The van der Waals surface area contributed by atoms with Gasteiger partial charge < -0.3 is 5.32 Å². The van der Waals surface area contributed by atoms with Crippen LogP contribution in [0.3, 0.4) is 0 Å². The highest BCUT2D eigenvalue weighted by molar-refractivity contribution is 7.11. The lowest BCUT2D eigenvalue weighted by atomic mass is 10.1. The average molecular weight is 401 g/mol. The molecule has 0 saturated heterocycles. The van der Waals surface area contributed by atoms with E-state index < -0.39 is 10.7 Å². The first-order valence-electron chi connectivity index (χ1n) is 7.50. The number of aromatic nitrogens is 1. The smallest absolute Gasteiger partial charge is 0.270 e. The van der Waals surface area contributed by atoms with Gasteiger partial charge in [0, 0.05) is 35.0 Å². The third-order valence-electron chi connectivity index (χ3n) is 3.51. The topological polar surface area (TPSA) is 91.8 Å². The zero-order valence-corrected chi connectivity index (χ0v) is 15.1. The molecular weight excluding hydrogens is 391 g/mol. The molecule has 134 valence electrons. The maximum atomic E-state index is 13.2. The van der Waals surface area contributed by atoms with Crippen LogP contribution in [-0.4, -0.2) is 9.91 Å². The molecule has 0 spiro atoms. The van der Waals surface area contributed by atoms with E-state index in [1.54, 1.807) is 17.5 Å². The van der Waals surface area contributed by atoms with Crippen molar-refractivity contribution in [1.29, 1.82) is 5.26 Å². The molecule has 0 radical (unpaired) electrons. The van der Waals surface area contributed by atoms with Crippen LogP contribution in [0.25, 0.3) is 16.8 Å². The number of allylic oxidation sites excluding steroid dienone is 1. The molecule has 3 rings (SSSR count). The Labute approximate surface area is 162 Å². The van der Waals surface area contributed by atoms with Gasteiger partial charge in [-0.1, -0.05) is 23.7 Å². The SMILES string of the molecule is N#C/C(=C\Nc1ccc(F)c(Cl)c1)c1nc(-c2cccc([N+](=O)[O-])c2)cs1. The van der Waals surface area contributed by atoms with Crippen LogP contribution in [0.2, 0.25) is 5.02 Å². The van der Waals surface area contributed by atoms with Gasteiger partial charge in [0.15, 0.2) is 0 Å². The van der Waals surface area contributed by atoms with Crippen molar-refractivity contribution >= 4 is 39.9 Å². The molecule has 0 saturated carbocycles. The number of halogens is 2. The summed E-state index contributed by atoms with van der Waals surface area (Å²) in [4.78, 5) is 14.8. The summed E-state index contributed by atoms with van der Waals surface area (Å²) in [5.41, 5.74) is 1.86. The first-order chi connectivity index (χ1) is 13.0. The van der Waals surface area contributed by atoms with Crippen molar-refractivity contribution in [3.05, 3.63) is 80.0 Å². The number of nitrogens with zero attached hydrogens (tertiary/aromatic N) is 3. The highest BCUT2D eigenvalue weighted by atomic mass is 35.5. The standard InChI is InChI=1S/C18H10ClFN4O2S/c19-15-7-13(4-5-16(15)20)22-9-12(8-21)18-23-17(10-27-18)11-2-1-3-14(6-11)24(25)26/h1-7,9-10,22H/b12-9+. The van der Waals surface area contributed by atoms with Crippen molar-refractivity contribution < 1.29 is 9.31 Å². The van der Waals surface area contributed by atoms with Crippen LogP contribution in [-0.2, 0) is 0 Å². The predicted molar refractivity (Wildman–Crippen MR) is 103 cm³/mol. The molecule has 0 atom stereocenters. The van der Waals surface area contributed by atoms with Gasteiger partial charge >= 0.3 is 0 Å². The summed E-state index contributed by atoms with van der Waals surface area (Å²) in [5.74, 6) is -0.534. The molecule has 6 nitrogen and oxygen atoms in total. The van der Waals surface area contributed by atoms with Crippen molar-refractivity contribution in [1.82, 2.24) is 4.98 Å². The van der Waals surface area contributed by atoms with E-state index in [2.05, 4.69) is 10.3 Å². The number of nitriles is 1. The molecule has 3 aromatic rings. The Kier molecular flexibility index (Phi) is 5.45. The van der Waals surface area contributed by atoms with E-state index in [4.69, 9.17) is 11.6 Å². The van der Waals surface area contributed by atoms with Crippen LogP contribution in [0.15, 0.2) is 54.0 Å². The summed E-state index contributed by atoms with van der Waals surface area (Å²) in [6, 6.07) is 12.3. The number of thiazole rings is 1. The summed E-state index contributed by atoms with van der Waals surface area (Å²) in [6.45, 7) is 0. The predicted octanol–water partition coefficient (Wildman–Crippen LogP) is 5.49. The number of nitrogens with one attached hydrogen (secondary N) is 1. The third-order valence-corrected chi connectivity index (χ3v) is 4.68. The molecule has 2 aromatic carbocycles. The summed E-state index contributed by atoms with van der Waals surface area (Å²) < 4.78 is 13.2. The quantitative estimate of drug-likeness (QED) is 0.347. The molecule has 27 heavy (non-hydrogen) atoms. The molecule has 9 heteroatoms. The van der Waals surface area contributed by atoms with Crippen LogP contribution >= 0.6 is 22.9 Å². The normalized spacial score (nSPS) is 11.1. The van der Waals surface area contributed by atoms with Gasteiger partial charge in [-0.15, -0.1) is 11.3 Å². The number of non-ortho nitro benzene ring substituents is 1. The number of nitro benzene ring substituents is 1. The Morgan fingerprint density at radius 3 is 2.89 bits per heavy atom. The van der Waals surface area contributed by atoms with Gasteiger partial charge in [-0.05, 0) is 18.2 Å². The largest absolute Gasteiger partial charge is 0.360 e. The molecule has 0 amide bonds. The number of hydrogen-bond donors (Lipinski definition) is 1. The van der Waals surface area contributed by atoms with Crippen molar-refractivity contribution in [2.75, 3.05) is 5.32 Å². The van der Waals surface area contributed by atoms with Crippen molar-refractivity contribution in [2.45, 2.75) is 0 Å². The second kappa shape index (κ2) is 7.95. The minimum absolute atomic E-state index is 0.0332. The Morgan fingerprint density at radius 2 is 2.19 bits per heavy atom. The summed E-state index contributed by atoms with van der Waals surface area (Å²) in [6.07, 6.45) is 1.44. The van der Waals surface area contributed by atoms with E-state index in [1.807, 2.05) is 6.07 Å². The molecule has 1 heterocycles. The second-order valence-electron chi connectivity index (χ2n) is 5.29. The lowest BCUT2D eigenvalue weighted by Crippen LogP contribution is -1.92. The lowest BCUT2D eigenvalue weighted by molar-refractivity contribution is -0.384. The Balaban J connectivity index is 1.85. The highest BCUT2D eigenvalue weighted by Gasteiger charge is 2.12. The zero-order valence-electron chi connectivity index (χ0n) is 13.5. The highest BCUT2D eigenvalue weighted by Crippen LogP contribution is 2.28. The molecule has 1 aromatic heterocycles. The van der Waals surface area contributed by atoms with E-state index in [1.165, 1.54) is 47.9 Å². The van der Waals surface area contributed by atoms with Crippen LogP contribution in [0.1, 0.15) is 5.01 Å². The minimum Gasteiger partial charge on any atom is -0.360 e. The number of hydrogen-bond acceptors (Lipinski definition) is 6. The van der Waals surface area contributed by atoms with Crippen molar-refractivity contribution in [2.24, 2.45) is 0 Å². The maximum absolute atomic E-state index is 13.2. The fourth-order valence-electron chi connectivity index (χ4n) is 2.19. The summed E-state index contributed by atoms with van der Waals surface area (Å²) in [7, 11) is 0. The van der Waals surface area contributed by atoms with Gasteiger partial charge in [-0.3, -0.25) is 10.1 Å². The first kappa shape index (κ1) is 18.5. The molecule has 1 N–H and O–H groups in total. The van der Waals surface area contributed by atoms with Gasteiger partial charge in [0.25, 0.3) is 5.69 Å². The fourth-order valence-corrected chi connectivity index (χ4v) is 3.17. The van der Waals surface area contributed by atoms with Crippen molar-refractivity contribution in [3.63, 3.8) is 0 Å². The lowest BCUT2D eigenvalue weighted by Gasteiger charge is -2.02. The number of nitro groups is 1. The number of anilines is 1. The molecule has 0 unspecified atom stereocenters. The molecule has 0 fully saturated rings. The molecule has 0 aliphatic carbocycles. The average Bonchev–Trinajstić information content (AvgIpc) is 3.15. The van der Waals surface area contributed by atoms with E-state index in [0.717, 1.165) is 0 Å². The van der Waals surface area contributed by atoms with Crippen LogP contribution < -0.4 is 5.32 Å². The van der Waals surface area contributed by atoms with Gasteiger partial charge in [0.05, 0.1) is 15.6 Å². The van der Waals surface area contributed by atoms with E-state index in [-0.39, 0.29) is 16.3 Å². The Bertz CT molecular complexity index is 1090. The molecular formula is C18H10ClFN4O2S. The van der Waals surface area contributed by atoms with Gasteiger partial charge in [0.2, 0.25) is 0 Å². The van der Waals surface area contributed by atoms with Crippen LogP contribution in [0, 0.1) is 27.3 Å². The molecule has 0 aliphatic rings. The monoisotopic (exact) mass is 400 g/mol. The van der Waals surface area contributed by atoms with Crippen LogP contribution in [0.4, 0.5) is 15.8 Å². The van der Waals surface area contributed by atoms with E-state index >= 15 is 0 Å². The minimum atomic E-state index is -0.534. The Morgan fingerprint density at radius 1 is 1.37 bits per heavy atom. The second-order valence-corrected chi connectivity index (χ2v) is 6.55.